The molecule has 1 aromatic heterocycles. The molecule has 3 aliphatic rings. The summed E-state index contributed by atoms with van der Waals surface area (Å²) >= 11 is 1.73. The Hall–Kier alpha value is -2.70. The molecule has 6 rings (SSSR count). The number of carbonyl (C=O) groups excluding carboxylic acids is 1. The fraction of sp³-hybridized carbons (Fsp3) is 0.414. The summed E-state index contributed by atoms with van der Waals surface area (Å²) in [7, 11) is 0. The fourth-order valence-electron chi connectivity index (χ4n) is 6.16. The first-order valence-corrected chi connectivity index (χ1v) is 13.6. The number of nitrogens with zero attached hydrogens (tertiary/aromatic N) is 2. The van der Waals surface area contributed by atoms with Crippen molar-refractivity contribution < 1.29 is 13.9 Å². The Morgan fingerprint density at radius 1 is 1.03 bits per heavy atom. The van der Waals surface area contributed by atoms with Crippen LogP contribution in [0.25, 0.3) is 0 Å². The first kappa shape index (κ1) is 22.7. The lowest BCUT2D eigenvalue weighted by Gasteiger charge is -2.34. The van der Waals surface area contributed by atoms with Gasteiger partial charge in [0.05, 0.1) is 12.2 Å². The third-order valence-corrected chi connectivity index (χ3v) is 8.77. The quantitative estimate of drug-likeness (QED) is 0.470. The van der Waals surface area contributed by atoms with Crippen LogP contribution in [0.5, 0.6) is 5.75 Å². The fourth-order valence-corrected chi connectivity index (χ4v) is 6.88. The molecule has 2 saturated heterocycles. The van der Waals surface area contributed by atoms with E-state index in [-0.39, 0.29) is 11.7 Å². The number of fused-ring (bicyclic) bond motifs is 1. The molecule has 0 saturated carbocycles. The van der Waals surface area contributed by atoms with Gasteiger partial charge < -0.3 is 14.5 Å². The van der Waals surface area contributed by atoms with Crippen molar-refractivity contribution in [3.8, 4) is 5.75 Å². The number of thiophene rings is 1. The zero-order valence-corrected chi connectivity index (χ0v) is 20.7. The first-order chi connectivity index (χ1) is 17.2. The Labute approximate surface area is 210 Å². The molecule has 0 bridgehead atoms. The third-order valence-electron chi connectivity index (χ3n) is 8.07. The second kappa shape index (κ2) is 9.75. The van der Waals surface area contributed by atoms with E-state index in [0.29, 0.717) is 29.9 Å². The zero-order valence-electron chi connectivity index (χ0n) is 19.9. The highest BCUT2D eigenvalue weighted by atomic mass is 32.1. The van der Waals surface area contributed by atoms with Gasteiger partial charge in [0.2, 0.25) is 0 Å². The highest BCUT2D eigenvalue weighted by Gasteiger charge is 2.39. The number of halogens is 1. The minimum atomic E-state index is -0.169. The van der Waals surface area contributed by atoms with E-state index in [1.54, 1.807) is 23.5 Å². The molecule has 2 unspecified atom stereocenters. The number of hydrogen-bond donors (Lipinski definition) is 0. The van der Waals surface area contributed by atoms with Crippen LogP contribution in [0, 0.1) is 11.7 Å². The molecule has 4 heterocycles. The van der Waals surface area contributed by atoms with Crippen LogP contribution < -0.4 is 4.74 Å². The lowest BCUT2D eigenvalue weighted by atomic mass is 9.87. The summed E-state index contributed by atoms with van der Waals surface area (Å²) in [6, 6.07) is 15.2. The van der Waals surface area contributed by atoms with Crippen LogP contribution in [0.3, 0.4) is 0 Å². The van der Waals surface area contributed by atoms with Gasteiger partial charge in [-0.25, -0.2) is 4.39 Å². The Kier molecular flexibility index (Phi) is 6.33. The van der Waals surface area contributed by atoms with Crippen molar-refractivity contribution in [2.75, 3.05) is 39.3 Å². The predicted molar refractivity (Wildman–Crippen MR) is 137 cm³/mol. The highest BCUT2D eigenvalue weighted by molar-refractivity contribution is 7.08. The summed E-state index contributed by atoms with van der Waals surface area (Å²) < 4.78 is 19.2. The largest absolute Gasteiger partial charge is 0.492 e. The van der Waals surface area contributed by atoms with Gasteiger partial charge in [-0.2, -0.15) is 11.3 Å². The van der Waals surface area contributed by atoms with Gasteiger partial charge in [-0.15, -0.1) is 0 Å². The van der Waals surface area contributed by atoms with Crippen LogP contribution in [0.2, 0.25) is 0 Å². The van der Waals surface area contributed by atoms with E-state index in [4.69, 9.17) is 4.74 Å². The van der Waals surface area contributed by atoms with E-state index in [1.807, 2.05) is 24.3 Å². The molecule has 182 valence electrons. The maximum absolute atomic E-state index is 13.6. The maximum atomic E-state index is 13.6. The molecular weight excluding hydrogens is 459 g/mol. The molecule has 3 aromatic rings. The average molecular weight is 491 g/mol. The molecule has 0 N–H and O–H groups in total. The number of ether oxygens (including phenoxy) is 1. The number of likely N-dealkylation sites (tertiary alicyclic amines) is 2. The number of piperidine rings is 1. The first-order valence-electron chi connectivity index (χ1n) is 12.7. The number of benzene rings is 2. The van der Waals surface area contributed by atoms with Crippen molar-refractivity contribution in [1.82, 2.24) is 9.80 Å². The van der Waals surface area contributed by atoms with Crippen molar-refractivity contribution in [1.29, 1.82) is 0 Å². The summed E-state index contributed by atoms with van der Waals surface area (Å²) in [5, 5.41) is 4.39. The molecule has 3 aliphatic heterocycles. The van der Waals surface area contributed by atoms with Crippen LogP contribution >= 0.6 is 11.3 Å². The van der Waals surface area contributed by atoms with Gasteiger partial charge in [-0.05, 0) is 89.5 Å². The van der Waals surface area contributed by atoms with Gasteiger partial charge in [0.25, 0.3) is 5.91 Å². The van der Waals surface area contributed by atoms with Crippen LogP contribution in [0.15, 0.2) is 59.3 Å². The van der Waals surface area contributed by atoms with Gasteiger partial charge in [0, 0.05) is 32.0 Å². The number of carbonyl (C=O) groups is 1. The summed E-state index contributed by atoms with van der Waals surface area (Å²) in [6.45, 7) is 5.29. The smallest absolute Gasteiger partial charge is 0.257 e. The van der Waals surface area contributed by atoms with Gasteiger partial charge in [-0.3, -0.25) is 4.79 Å². The van der Waals surface area contributed by atoms with Crippen molar-refractivity contribution in [2.24, 2.45) is 5.92 Å². The molecule has 35 heavy (non-hydrogen) atoms. The summed E-state index contributed by atoms with van der Waals surface area (Å²) in [6.07, 6.45) is 3.07. The van der Waals surface area contributed by atoms with E-state index in [1.165, 1.54) is 11.1 Å². The van der Waals surface area contributed by atoms with Gasteiger partial charge in [0.1, 0.15) is 11.6 Å². The van der Waals surface area contributed by atoms with Crippen molar-refractivity contribution >= 4 is 17.2 Å². The maximum Gasteiger partial charge on any atom is 0.257 e. The molecule has 2 fully saturated rings. The molecule has 4 nitrogen and oxygen atoms in total. The van der Waals surface area contributed by atoms with Crippen molar-refractivity contribution in [3.63, 3.8) is 0 Å². The number of amides is 1. The SMILES string of the molecule is O=C(c1cccc2c1OCC2)N1CC(CN2CCC(c3ccc(F)cc3)CC2)C(c2ccsc2)C1. The monoisotopic (exact) mass is 490 g/mol. The third kappa shape index (κ3) is 4.62. The van der Waals surface area contributed by atoms with Gasteiger partial charge in [-0.1, -0.05) is 24.3 Å². The molecular formula is C29H31FN2O2S. The van der Waals surface area contributed by atoms with Gasteiger partial charge >= 0.3 is 0 Å². The normalized spacial score (nSPS) is 22.8. The lowest BCUT2D eigenvalue weighted by Crippen LogP contribution is -2.38. The summed E-state index contributed by atoms with van der Waals surface area (Å²) in [4.78, 5) is 18.2. The molecule has 2 atom stereocenters. The van der Waals surface area contributed by atoms with Crippen LogP contribution in [0.1, 0.15) is 51.7 Å². The molecule has 0 spiro atoms. The highest BCUT2D eigenvalue weighted by Crippen LogP contribution is 2.38. The Morgan fingerprint density at radius 2 is 1.86 bits per heavy atom. The topological polar surface area (TPSA) is 32.8 Å². The number of para-hydroxylation sites is 1. The van der Waals surface area contributed by atoms with Gasteiger partial charge in [0.15, 0.2) is 0 Å². The Morgan fingerprint density at radius 3 is 2.63 bits per heavy atom. The molecule has 0 radical (unpaired) electrons. The van der Waals surface area contributed by atoms with Crippen LogP contribution in [0.4, 0.5) is 4.39 Å². The second-order valence-electron chi connectivity index (χ2n) is 10.2. The average Bonchev–Trinajstić information content (AvgIpc) is 3.65. The predicted octanol–water partition coefficient (Wildman–Crippen LogP) is 5.56. The standard InChI is InChI=1S/C29H31FN2O2S/c30-25-6-4-20(5-7-25)21-8-12-31(13-9-21)16-24-17-32(18-27(24)23-11-15-35-19-23)29(33)26-3-1-2-22-10-14-34-28(22)26/h1-7,11,15,19,21,24,27H,8-10,12-14,16-18H2. The lowest BCUT2D eigenvalue weighted by molar-refractivity contribution is 0.0778. The molecule has 2 aromatic carbocycles. The zero-order chi connectivity index (χ0) is 23.8. The van der Waals surface area contributed by atoms with Crippen LogP contribution in [-0.2, 0) is 6.42 Å². The Balaban J connectivity index is 1.15. The number of hydrogen-bond acceptors (Lipinski definition) is 4. The van der Waals surface area contributed by atoms with Crippen molar-refractivity contribution in [3.05, 3.63) is 87.4 Å². The molecule has 1 amide bonds. The molecule has 6 heteroatoms. The molecule has 0 aliphatic carbocycles. The van der Waals surface area contributed by atoms with E-state index >= 15 is 0 Å². The summed E-state index contributed by atoms with van der Waals surface area (Å²) in [5.74, 6) is 1.99. The second-order valence-corrected chi connectivity index (χ2v) is 10.9. The number of rotatable bonds is 5. The van der Waals surface area contributed by atoms with Crippen LogP contribution in [-0.4, -0.2) is 55.0 Å². The minimum Gasteiger partial charge on any atom is -0.492 e. The van der Waals surface area contributed by atoms with Crippen molar-refractivity contribution in [2.45, 2.75) is 31.1 Å². The van der Waals surface area contributed by atoms with E-state index in [0.717, 1.165) is 63.3 Å². The van der Waals surface area contributed by atoms with E-state index in [9.17, 15) is 9.18 Å². The van der Waals surface area contributed by atoms with E-state index in [2.05, 4.69) is 32.7 Å². The summed E-state index contributed by atoms with van der Waals surface area (Å²) in [5.41, 5.74) is 4.46. The Bertz CT molecular complexity index is 1170. The minimum absolute atomic E-state index is 0.0986. The van der Waals surface area contributed by atoms with E-state index < -0.39 is 0 Å².